The highest BCUT2D eigenvalue weighted by atomic mass is 14.6. The Balaban J connectivity index is 3.16. The summed E-state index contributed by atoms with van der Waals surface area (Å²) in [5, 5.41) is 0. The molecule has 2 nitrogen and oxygen atoms in total. The SMILES string of the molecule is CCCCCC(N)CCCCCCC(N)CC. The van der Waals surface area contributed by atoms with Gasteiger partial charge in [0.05, 0.1) is 0 Å². The molecule has 0 bridgehead atoms. The predicted octanol–water partition coefficient (Wildman–Crippen LogP) is 3.97. The molecule has 0 heterocycles. The molecule has 0 aliphatic rings. The van der Waals surface area contributed by atoms with Crippen molar-refractivity contribution < 1.29 is 0 Å². The van der Waals surface area contributed by atoms with Crippen LogP contribution in [-0.2, 0) is 0 Å². The highest BCUT2D eigenvalue weighted by Crippen LogP contribution is 2.11. The smallest absolute Gasteiger partial charge is 0.00388 e. The maximum absolute atomic E-state index is 6.08. The van der Waals surface area contributed by atoms with Crippen molar-refractivity contribution in [1.82, 2.24) is 0 Å². The van der Waals surface area contributed by atoms with E-state index in [1.54, 1.807) is 0 Å². The molecule has 0 fully saturated rings. The van der Waals surface area contributed by atoms with Gasteiger partial charge in [-0.2, -0.15) is 0 Å². The van der Waals surface area contributed by atoms with Gasteiger partial charge in [0.1, 0.15) is 0 Å². The fourth-order valence-electron chi connectivity index (χ4n) is 2.17. The highest BCUT2D eigenvalue weighted by molar-refractivity contribution is 4.62. The summed E-state index contributed by atoms with van der Waals surface area (Å²) in [4.78, 5) is 0. The van der Waals surface area contributed by atoms with Gasteiger partial charge in [0.25, 0.3) is 0 Å². The Morgan fingerprint density at radius 2 is 1.12 bits per heavy atom. The van der Waals surface area contributed by atoms with Gasteiger partial charge < -0.3 is 11.5 Å². The fourth-order valence-corrected chi connectivity index (χ4v) is 2.17. The second-order valence-corrected chi connectivity index (χ2v) is 5.42. The summed E-state index contributed by atoms with van der Waals surface area (Å²) in [5.74, 6) is 0. The molecule has 0 saturated heterocycles. The van der Waals surface area contributed by atoms with Gasteiger partial charge in [0.2, 0.25) is 0 Å². The van der Waals surface area contributed by atoms with Crippen LogP contribution in [0.15, 0.2) is 0 Å². The monoisotopic (exact) mass is 242 g/mol. The molecule has 104 valence electrons. The van der Waals surface area contributed by atoms with Crippen molar-refractivity contribution in [3.05, 3.63) is 0 Å². The number of hydrogen-bond acceptors (Lipinski definition) is 2. The normalized spacial score (nSPS) is 14.8. The second-order valence-electron chi connectivity index (χ2n) is 5.42. The van der Waals surface area contributed by atoms with Gasteiger partial charge in [0, 0.05) is 12.1 Å². The van der Waals surface area contributed by atoms with Crippen molar-refractivity contribution in [2.24, 2.45) is 11.5 Å². The van der Waals surface area contributed by atoms with Gasteiger partial charge in [-0.05, 0) is 25.7 Å². The summed E-state index contributed by atoms with van der Waals surface area (Å²) < 4.78 is 0. The van der Waals surface area contributed by atoms with E-state index in [1.165, 1.54) is 64.2 Å². The van der Waals surface area contributed by atoms with Crippen LogP contribution in [0.4, 0.5) is 0 Å². The van der Waals surface area contributed by atoms with Crippen molar-refractivity contribution in [3.8, 4) is 0 Å². The van der Waals surface area contributed by atoms with Crippen LogP contribution in [-0.4, -0.2) is 12.1 Å². The lowest BCUT2D eigenvalue weighted by atomic mass is 10.0. The number of hydrogen-bond donors (Lipinski definition) is 2. The molecule has 0 aromatic rings. The third-order valence-electron chi connectivity index (χ3n) is 3.60. The molecule has 0 amide bonds. The maximum atomic E-state index is 6.08. The topological polar surface area (TPSA) is 52.0 Å². The van der Waals surface area contributed by atoms with Crippen LogP contribution < -0.4 is 11.5 Å². The van der Waals surface area contributed by atoms with E-state index in [-0.39, 0.29) is 0 Å². The fraction of sp³-hybridized carbons (Fsp3) is 1.00. The standard InChI is InChI=1S/C15H34N2/c1-3-5-8-12-15(17)13-10-7-6-9-11-14(16)4-2/h14-15H,3-13,16-17H2,1-2H3. The summed E-state index contributed by atoms with van der Waals surface area (Å²) in [6, 6.07) is 0.866. The van der Waals surface area contributed by atoms with Crippen LogP contribution in [0.1, 0.15) is 84.5 Å². The third-order valence-corrected chi connectivity index (χ3v) is 3.60. The molecule has 0 aromatic heterocycles. The zero-order valence-corrected chi connectivity index (χ0v) is 12.1. The van der Waals surface area contributed by atoms with E-state index < -0.39 is 0 Å². The predicted molar refractivity (Wildman–Crippen MR) is 78.1 cm³/mol. The summed E-state index contributed by atoms with van der Waals surface area (Å²) in [6.07, 6.45) is 13.9. The number of rotatable bonds is 12. The molecule has 2 unspecified atom stereocenters. The second kappa shape index (κ2) is 12.4. The Morgan fingerprint density at radius 3 is 1.59 bits per heavy atom. The Hall–Kier alpha value is -0.0800. The Morgan fingerprint density at radius 1 is 0.647 bits per heavy atom. The van der Waals surface area contributed by atoms with Crippen molar-refractivity contribution in [1.29, 1.82) is 0 Å². The van der Waals surface area contributed by atoms with E-state index in [4.69, 9.17) is 11.5 Å². The molecule has 4 N–H and O–H groups in total. The first kappa shape index (κ1) is 16.9. The van der Waals surface area contributed by atoms with Gasteiger partial charge in [0.15, 0.2) is 0 Å². The van der Waals surface area contributed by atoms with Crippen LogP contribution in [0.3, 0.4) is 0 Å². The number of nitrogens with two attached hydrogens (primary N) is 2. The molecule has 0 spiro atoms. The van der Waals surface area contributed by atoms with Crippen molar-refractivity contribution >= 4 is 0 Å². The Bertz CT molecular complexity index is 148. The van der Waals surface area contributed by atoms with Crippen molar-refractivity contribution in [2.45, 2.75) is 96.6 Å². The highest BCUT2D eigenvalue weighted by Gasteiger charge is 2.02. The van der Waals surface area contributed by atoms with Gasteiger partial charge in [-0.25, -0.2) is 0 Å². The Kier molecular flexibility index (Phi) is 12.3. The summed E-state index contributed by atoms with van der Waals surface area (Å²) in [5.41, 5.74) is 12.0. The zero-order chi connectivity index (χ0) is 12.9. The van der Waals surface area contributed by atoms with Crippen LogP contribution >= 0.6 is 0 Å². The van der Waals surface area contributed by atoms with E-state index in [2.05, 4.69) is 13.8 Å². The maximum Gasteiger partial charge on any atom is 0.00388 e. The van der Waals surface area contributed by atoms with Crippen molar-refractivity contribution in [3.63, 3.8) is 0 Å². The molecule has 17 heavy (non-hydrogen) atoms. The van der Waals surface area contributed by atoms with E-state index in [1.807, 2.05) is 0 Å². The summed E-state index contributed by atoms with van der Waals surface area (Å²) in [7, 11) is 0. The molecule has 0 aliphatic heterocycles. The minimum atomic E-state index is 0.423. The molecular formula is C15H34N2. The molecule has 0 radical (unpaired) electrons. The quantitative estimate of drug-likeness (QED) is 0.509. The third kappa shape index (κ3) is 12.2. The average molecular weight is 242 g/mol. The molecule has 0 rings (SSSR count). The number of unbranched alkanes of at least 4 members (excludes halogenated alkanes) is 5. The lowest BCUT2D eigenvalue weighted by molar-refractivity contribution is 0.482. The first-order valence-electron chi connectivity index (χ1n) is 7.71. The Labute approximate surface area is 109 Å². The van der Waals surface area contributed by atoms with Gasteiger partial charge in [-0.15, -0.1) is 0 Å². The lowest BCUT2D eigenvalue weighted by Crippen LogP contribution is -2.19. The van der Waals surface area contributed by atoms with Crippen LogP contribution in [0, 0.1) is 0 Å². The first-order valence-corrected chi connectivity index (χ1v) is 7.71. The molecular weight excluding hydrogens is 208 g/mol. The summed E-state index contributed by atoms with van der Waals surface area (Å²) >= 11 is 0. The molecule has 0 aliphatic carbocycles. The average Bonchev–Trinajstić information content (AvgIpc) is 2.33. The van der Waals surface area contributed by atoms with E-state index in [9.17, 15) is 0 Å². The molecule has 2 heteroatoms. The van der Waals surface area contributed by atoms with Gasteiger partial charge in [-0.1, -0.05) is 58.8 Å². The van der Waals surface area contributed by atoms with Crippen LogP contribution in [0.25, 0.3) is 0 Å². The van der Waals surface area contributed by atoms with E-state index in [0.29, 0.717) is 12.1 Å². The van der Waals surface area contributed by atoms with Crippen LogP contribution in [0.5, 0.6) is 0 Å². The zero-order valence-electron chi connectivity index (χ0n) is 12.1. The van der Waals surface area contributed by atoms with Crippen LogP contribution in [0.2, 0.25) is 0 Å². The van der Waals surface area contributed by atoms with Gasteiger partial charge in [-0.3, -0.25) is 0 Å². The lowest BCUT2D eigenvalue weighted by Gasteiger charge is -2.11. The summed E-state index contributed by atoms with van der Waals surface area (Å²) in [6.45, 7) is 4.41. The van der Waals surface area contributed by atoms with Crippen molar-refractivity contribution in [2.75, 3.05) is 0 Å². The van der Waals surface area contributed by atoms with E-state index in [0.717, 1.165) is 6.42 Å². The largest absolute Gasteiger partial charge is 0.328 e. The molecule has 0 aromatic carbocycles. The van der Waals surface area contributed by atoms with Gasteiger partial charge >= 0.3 is 0 Å². The first-order chi connectivity index (χ1) is 8.20. The molecule has 0 saturated carbocycles. The minimum Gasteiger partial charge on any atom is -0.328 e. The minimum absolute atomic E-state index is 0.423. The van der Waals surface area contributed by atoms with E-state index >= 15 is 0 Å². The molecule has 2 atom stereocenters.